The molecule has 64 valence electrons. The van der Waals surface area contributed by atoms with E-state index in [1.807, 2.05) is 7.05 Å². The van der Waals surface area contributed by atoms with Crippen LogP contribution < -0.4 is 5.32 Å². The summed E-state index contributed by atoms with van der Waals surface area (Å²) in [6.07, 6.45) is 1.85. The summed E-state index contributed by atoms with van der Waals surface area (Å²) in [6, 6.07) is 0.761. The lowest BCUT2D eigenvalue weighted by molar-refractivity contribution is 0.0319. The Morgan fingerprint density at radius 1 is 1.64 bits per heavy atom. The quantitative estimate of drug-likeness (QED) is 0.606. The first-order valence-electron chi connectivity index (χ1n) is 4.42. The molecule has 2 aliphatic rings. The number of nitrogens with one attached hydrogen (secondary N) is 1. The maximum absolute atomic E-state index is 5.50. The molecule has 0 aromatic carbocycles. The predicted octanol–water partition coefficient (Wildman–Crippen LogP) is -0.321. The monoisotopic (exact) mass is 156 g/mol. The van der Waals surface area contributed by atoms with Gasteiger partial charge in [0.2, 0.25) is 0 Å². The molecule has 1 saturated carbocycles. The molecule has 1 heterocycles. The largest absolute Gasteiger partial charge is 0.375 e. The van der Waals surface area contributed by atoms with E-state index in [1.54, 1.807) is 0 Å². The number of hydrogen-bond acceptors (Lipinski definition) is 3. The van der Waals surface area contributed by atoms with Gasteiger partial charge in [-0.25, -0.2) is 0 Å². The average molecular weight is 156 g/mol. The molecule has 3 nitrogen and oxygen atoms in total. The van der Waals surface area contributed by atoms with Crippen LogP contribution in [0.25, 0.3) is 0 Å². The Balaban J connectivity index is 1.75. The van der Waals surface area contributed by atoms with Crippen molar-refractivity contribution in [3.63, 3.8) is 0 Å². The standard InChI is InChI=1S/C8H16N2O/c1-9-2-3-10-4-5-11-8-6-7(8)10/h7-9H,2-6H2,1H3. The van der Waals surface area contributed by atoms with Crippen molar-refractivity contribution in [2.75, 3.05) is 33.3 Å². The summed E-state index contributed by atoms with van der Waals surface area (Å²) in [7, 11) is 2.00. The third-order valence-corrected chi connectivity index (χ3v) is 2.53. The highest BCUT2D eigenvalue weighted by molar-refractivity contribution is 4.99. The summed E-state index contributed by atoms with van der Waals surface area (Å²) in [5, 5.41) is 3.17. The van der Waals surface area contributed by atoms with Crippen molar-refractivity contribution >= 4 is 0 Å². The Kier molecular flexibility index (Phi) is 2.11. The normalized spacial score (nSPS) is 36.8. The molecule has 0 aromatic heterocycles. The van der Waals surface area contributed by atoms with E-state index < -0.39 is 0 Å². The first-order chi connectivity index (χ1) is 5.42. The number of morpholine rings is 1. The van der Waals surface area contributed by atoms with Crippen molar-refractivity contribution in [2.24, 2.45) is 0 Å². The van der Waals surface area contributed by atoms with Gasteiger partial charge in [-0.2, -0.15) is 0 Å². The van der Waals surface area contributed by atoms with Crippen LogP contribution in [0.3, 0.4) is 0 Å². The minimum atomic E-state index is 0.584. The molecule has 2 fully saturated rings. The zero-order valence-corrected chi connectivity index (χ0v) is 7.05. The number of likely N-dealkylation sites (N-methyl/N-ethyl adjacent to an activating group) is 1. The van der Waals surface area contributed by atoms with Crippen molar-refractivity contribution in [1.29, 1.82) is 0 Å². The minimum Gasteiger partial charge on any atom is -0.375 e. The zero-order chi connectivity index (χ0) is 7.68. The Labute approximate surface area is 67.7 Å². The second-order valence-electron chi connectivity index (χ2n) is 3.35. The van der Waals surface area contributed by atoms with Gasteiger partial charge in [0.25, 0.3) is 0 Å². The lowest BCUT2D eigenvalue weighted by Gasteiger charge is -2.25. The lowest BCUT2D eigenvalue weighted by Crippen LogP contribution is -2.40. The van der Waals surface area contributed by atoms with Gasteiger partial charge in [0.05, 0.1) is 12.7 Å². The number of rotatable bonds is 3. The fraction of sp³-hybridized carbons (Fsp3) is 1.00. The van der Waals surface area contributed by atoms with Crippen LogP contribution in [0.4, 0.5) is 0 Å². The second-order valence-corrected chi connectivity index (χ2v) is 3.35. The van der Waals surface area contributed by atoms with Gasteiger partial charge in [0, 0.05) is 25.7 Å². The molecule has 2 rings (SSSR count). The van der Waals surface area contributed by atoms with Crippen molar-refractivity contribution in [3.05, 3.63) is 0 Å². The second kappa shape index (κ2) is 3.09. The third kappa shape index (κ3) is 1.55. The zero-order valence-electron chi connectivity index (χ0n) is 7.05. The highest BCUT2D eigenvalue weighted by Crippen LogP contribution is 2.33. The van der Waals surface area contributed by atoms with Crippen LogP contribution >= 0.6 is 0 Å². The van der Waals surface area contributed by atoms with E-state index in [9.17, 15) is 0 Å². The van der Waals surface area contributed by atoms with E-state index >= 15 is 0 Å². The highest BCUT2D eigenvalue weighted by atomic mass is 16.5. The Morgan fingerprint density at radius 3 is 3.36 bits per heavy atom. The SMILES string of the molecule is CNCCN1CCOC2CC21. The molecule has 0 amide bonds. The Morgan fingerprint density at radius 2 is 2.55 bits per heavy atom. The average Bonchev–Trinajstić information content (AvgIpc) is 2.79. The van der Waals surface area contributed by atoms with Crippen LogP contribution in [-0.2, 0) is 4.74 Å². The number of nitrogens with zero attached hydrogens (tertiary/aromatic N) is 1. The van der Waals surface area contributed by atoms with Gasteiger partial charge in [-0.15, -0.1) is 0 Å². The summed E-state index contributed by atoms with van der Waals surface area (Å²) >= 11 is 0. The van der Waals surface area contributed by atoms with E-state index in [0.717, 1.165) is 25.7 Å². The maximum atomic E-state index is 5.50. The molecule has 1 saturated heterocycles. The summed E-state index contributed by atoms with van der Waals surface area (Å²) in [5.74, 6) is 0. The van der Waals surface area contributed by atoms with Crippen LogP contribution in [0.1, 0.15) is 6.42 Å². The minimum absolute atomic E-state index is 0.584. The number of fused-ring (bicyclic) bond motifs is 1. The van der Waals surface area contributed by atoms with E-state index in [4.69, 9.17) is 4.74 Å². The fourth-order valence-electron chi connectivity index (χ4n) is 1.74. The molecule has 0 radical (unpaired) electrons. The molecule has 1 aliphatic carbocycles. The molecule has 0 aromatic rings. The molecule has 0 bridgehead atoms. The van der Waals surface area contributed by atoms with Crippen LogP contribution in [0, 0.1) is 0 Å². The van der Waals surface area contributed by atoms with Crippen molar-refractivity contribution in [3.8, 4) is 0 Å². The van der Waals surface area contributed by atoms with Crippen LogP contribution in [-0.4, -0.2) is 50.3 Å². The van der Waals surface area contributed by atoms with Crippen LogP contribution in [0.15, 0.2) is 0 Å². The van der Waals surface area contributed by atoms with Gasteiger partial charge in [-0.3, -0.25) is 4.90 Å². The third-order valence-electron chi connectivity index (χ3n) is 2.53. The van der Waals surface area contributed by atoms with Gasteiger partial charge in [0.1, 0.15) is 0 Å². The Bertz CT molecular complexity index is 140. The van der Waals surface area contributed by atoms with Crippen molar-refractivity contribution < 1.29 is 4.74 Å². The summed E-state index contributed by atoms with van der Waals surface area (Å²) in [6.45, 7) is 4.35. The van der Waals surface area contributed by atoms with Gasteiger partial charge >= 0.3 is 0 Å². The summed E-state index contributed by atoms with van der Waals surface area (Å²) in [5.41, 5.74) is 0. The lowest BCUT2D eigenvalue weighted by atomic mass is 10.4. The summed E-state index contributed by atoms with van der Waals surface area (Å²) < 4.78 is 5.50. The molecular weight excluding hydrogens is 140 g/mol. The van der Waals surface area contributed by atoms with Crippen LogP contribution in [0.2, 0.25) is 0 Å². The molecule has 1 aliphatic heterocycles. The van der Waals surface area contributed by atoms with Crippen molar-refractivity contribution in [1.82, 2.24) is 10.2 Å². The number of ether oxygens (including phenoxy) is 1. The Hall–Kier alpha value is -0.120. The van der Waals surface area contributed by atoms with Crippen LogP contribution in [0.5, 0.6) is 0 Å². The molecule has 2 unspecified atom stereocenters. The molecule has 1 N–H and O–H groups in total. The highest BCUT2D eigenvalue weighted by Gasteiger charge is 2.45. The first kappa shape index (κ1) is 7.53. The maximum Gasteiger partial charge on any atom is 0.0747 e. The van der Waals surface area contributed by atoms with E-state index in [-0.39, 0.29) is 0 Å². The van der Waals surface area contributed by atoms with Gasteiger partial charge in [-0.1, -0.05) is 0 Å². The van der Waals surface area contributed by atoms with Gasteiger partial charge in [-0.05, 0) is 13.5 Å². The fourth-order valence-corrected chi connectivity index (χ4v) is 1.74. The molecular formula is C8H16N2O. The predicted molar refractivity (Wildman–Crippen MR) is 43.6 cm³/mol. The van der Waals surface area contributed by atoms with Gasteiger partial charge < -0.3 is 10.1 Å². The van der Waals surface area contributed by atoms with Gasteiger partial charge in [0.15, 0.2) is 0 Å². The number of hydrogen-bond donors (Lipinski definition) is 1. The topological polar surface area (TPSA) is 24.5 Å². The smallest absolute Gasteiger partial charge is 0.0747 e. The molecule has 0 spiro atoms. The van der Waals surface area contributed by atoms with E-state index in [1.165, 1.54) is 13.0 Å². The molecule has 3 heteroatoms. The molecule has 11 heavy (non-hydrogen) atoms. The van der Waals surface area contributed by atoms with Crippen molar-refractivity contribution in [2.45, 2.75) is 18.6 Å². The summed E-state index contributed by atoms with van der Waals surface area (Å²) in [4.78, 5) is 2.53. The molecule has 2 atom stereocenters. The van der Waals surface area contributed by atoms with E-state index in [2.05, 4.69) is 10.2 Å². The van der Waals surface area contributed by atoms with E-state index in [0.29, 0.717) is 6.10 Å². The first-order valence-corrected chi connectivity index (χ1v) is 4.42.